The van der Waals surface area contributed by atoms with Crippen LogP contribution in [0, 0.1) is 5.82 Å². The topological polar surface area (TPSA) is 70.2 Å². The largest absolute Gasteiger partial charge is 0.379 e. The van der Waals surface area contributed by atoms with E-state index in [0.29, 0.717) is 52.2 Å². The van der Waals surface area contributed by atoms with Crippen LogP contribution in [0.4, 0.5) is 4.39 Å². The van der Waals surface area contributed by atoms with Crippen molar-refractivity contribution in [3.8, 4) is 0 Å². The predicted molar refractivity (Wildman–Crippen MR) is 101 cm³/mol. The van der Waals surface area contributed by atoms with Crippen LogP contribution in [-0.2, 0) is 25.2 Å². The minimum Gasteiger partial charge on any atom is -0.379 e. The Labute approximate surface area is 165 Å². The van der Waals surface area contributed by atoms with Gasteiger partial charge in [0.15, 0.2) is 0 Å². The number of piperazine rings is 1. The van der Waals surface area contributed by atoms with Crippen LogP contribution in [0.2, 0.25) is 0 Å². The maximum absolute atomic E-state index is 13.7. The van der Waals surface area contributed by atoms with Crippen molar-refractivity contribution < 1.29 is 22.3 Å². The molecule has 0 aromatic heterocycles. The molecule has 1 aliphatic carbocycles. The lowest BCUT2D eigenvalue weighted by atomic mass is 9.63. The number of halogens is 1. The molecule has 0 bridgehead atoms. The first-order chi connectivity index (χ1) is 13.4. The molecule has 1 aromatic rings. The highest BCUT2D eigenvalue weighted by atomic mass is 32.2. The van der Waals surface area contributed by atoms with Gasteiger partial charge >= 0.3 is 0 Å². The molecule has 3 aliphatic rings. The summed E-state index contributed by atoms with van der Waals surface area (Å²) in [5.74, 6) is -0.342. The molecule has 0 radical (unpaired) electrons. The lowest BCUT2D eigenvalue weighted by molar-refractivity contribution is -0.142. The van der Waals surface area contributed by atoms with E-state index in [9.17, 15) is 17.6 Å². The summed E-state index contributed by atoms with van der Waals surface area (Å²) in [4.78, 5) is 15.0. The third kappa shape index (κ3) is 3.45. The zero-order valence-corrected chi connectivity index (χ0v) is 16.7. The summed E-state index contributed by atoms with van der Waals surface area (Å²) < 4.78 is 47.4. The lowest BCUT2D eigenvalue weighted by Gasteiger charge is -2.46. The van der Waals surface area contributed by atoms with Crippen LogP contribution in [-0.4, -0.2) is 80.3 Å². The van der Waals surface area contributed by atoms with Crippen molar-refractivity contribution in [3.63, 3.8) is 0 Å². The predicted octanol–water partition coefficient (Wildman–Crippen LogP) is 0.969. The first kappa shape index (κ1) is 19.8. The molecule has 0 spiro atoms. The average molecular weight is 411 g/mol. The highest BCUT2D eigenvalue weighted by molar-refractivity contribution is 7.86. The summed E-state index contributed by atoms with van der Waals surface area (Å²) in [7, 11) is -3.52. The maximum atomic E-state index is 13.7. The summed E-state index contributed by atoms with van der Waals surface area (Å²) in [6.45, 7) is 2.84. The standard InChI is InChI=1S/C19H26FN3O4S/c20-17-4-1-3-16(15-17)19(5-2-6-19)18(24)21-7-9-22(10-8-21)28(25,26)23-11-13-27-14-12-23/h1,3-4,15H,2,5-14H2. The Kier molecular flexibility index (Phi) is 5.43. The summed E-state index contributed by atoms with van der Waals surface area (Å²) in [5.41, 5.74) is 0.0694. The van der Waals surface area contributed by atoms with E-state index in [1.807, 2.05) is 6.07 Å². The van der Waals surface area contributed by atoms with E-state index in [2.05, 4.69) is 0 Å². The number of hydrogen-bond acceptors (Lipinski definition) is 4. The van der Waals surface area contributed by atoms with Gasteiger partial charge in [0.25, 0.3) is 10.2 Å². The van der Waals surface area contributed by atoms with Gasteiger partial charge in [-0.25, -0.2) is 4.39 Å². The van der Waals surface area contributed by atoms with E-state index in [1.54, 1.807) is 11.0 Å². The molecule has 7 nitrogen and oxygen atoms in total. The van der Waals surface area contributed by atoms with Gasteiger partial charge in [-0.15, -0.1) is 0 Å². The van der Waals surface area contributed by atoms with E-state index < -0.39 is 15.6 Å². The number of amides is 1. The number of carbonyl (C=O) groups excluding carboxylic acids is 1. The Bertz CT molecular complexity index is 829. The number of hydrogen-bond donors (Lipinski definition) is 0. The Morgan fingerprint density at radius 2 is 1.64 bits per heavy atom. The van der Waals surface area contributed by atoms with Crippen LogP contribution < -0.4 is 0 Å². The van der Waals surface area contributed by atoms with Crippen LogP contribution in [0.25, 0.3) is 0 Å². The van der Waals surface area contributed by atoms with Crippen LogP contribution in [0.15, 0.2) is 24.3 Å². The summed E-state index contributed by atoms with van der Waals surface area (Å²) in [6.07, 6.45) is 2.36. The van der Waals surface area contributed by atoms with Gasteiger partial charge in [-0.05, 0) is 30.5 Å². The molecule has 1 aromatic carbocycles. The van der Waals surface area contributed by atoms with Gasteiger partial charge < -0.3 is 9.64 Å². The van der Waals surface area contributed by atoms with Crippen LogP contribution >= 0.6 is 0 Å². The van der Waals surface area contributed by atoms with E-state index in [-0.39, 0.29) is 24.8 Å². The fourth-order valence-corrected chi connectivity index (χ4v) is 5.87. The second-order valence-corrected chi connectivity index (χ2v) is 9.58. The Morgan fingerprint density at radius 1 is 1.00 bits per heavy atom. The third-order valence-corrected chi connectivity index (χ3v) is 8.18. The van der Waals surface area contributed by atoms with E-state index in [1.165, 1.54) is 20.7 Å². The number of rotatable bonds is 4. The van der Waals surface area contributed by atoms with Crippen molar-refractivity contribution in [2.24, 2.45) is 0 Å². The summed E-state index contributed by atoms with van der Waals surface area (Å²) >= 11 is 0. The first-order valence-electron chi connectivity index (χ1n) is 9.82. The van der Waals surface area contributed by atoms with Crippen LogP contribution in [0.5, 0.6) is 0 Å². The van der Waals surface area contributed by atoms with Crippen molar-refractivity contribution in [1.29, 1.82) is 0 Å². The van der Waals surface area contributed by atoms with Crippen LogP contribution in [0.3, 0.4) is 0 Å². The molecule has 4 rings (SSSR count). The molecule has 3 fully saturated rings. The van der Waals surface area contributed by atoms with Gasteiger partial charge in [-0.1, -0.05) is 18.6 Å². The Balaban J connectivity index is 1.44. The van der Waals surface area contributed by atoms with Crippen LogP contribution in [0.1, 0.15) is 24.8 Å². The molecule has 0 unspecified atom stereocenters. The molecule has 0 atom stereocenters. The zero-order chi connectivity index (χ0) is 19.8. The van der Waals surface area contributed by atoms with Gasteiger partial charge in [0.1, 0.15) is 5.82 Å². The minimum atomic E-state index is -3.52. The molecule has 154 valence electrons. The molecule has 2 aliphatic heterocycles. The van der Waals surface area contributed by atoms with Crippen molar-refractivity contribution in [1.82, 2.24) is 13.5 Å². The molecule has 2 heterocycles. The lowest BCUT2D eigenvalue weighted by Crippen LogP contribution is -2.59. The van der Waals surface area contributed by atoms with Gasteiger partial charge in [-0.3, -0.25) is 4.79 Å². The molecule has 1 saturated carbocycles. The fourth-order valence-electron chi connectivity index (χ4n) is 4.31. The molecular weight excluding hydrogens is 385 g/mol. The van der Waals surface area contributed by atoms with Gasteiger partial charge in [0.2, 0.25) is 5.91 Å². The Hall–Kier alpha value is -1.55. The van der Waals surface area contributed by atoms with Crippen molar-refractivity contribution in [3.05, 3.63) is 35.6 Å². The van der Waals surface area contributed by atoms with Gasteiger partial charge in [-0.2, -0.15) is 17.0 Å². The van der Waals surface area contributed by atoms with E-state index >= 15 is 0 Å². The number of morpholine rings is 1. The van der Waals surface area contributed by atoms with Crippen molar-refractivity contribution in [2.45, 2.75) is 24.7 Å². The molecule has 28 heavy (non-hydrogen) atoms. The zero-order valence-electron chi connectivity index (χ0n) is 15.8. The highest BCUT2D eigenvalue weighted by Gasteiger charge is 2.48. The highest BCUT2D eigenvalue weighted by Crippen LogP contribution is 2.45. The minimum absolute atomic E-state index is 0.00669. The smallest absolute Gasteiger partial charge is 0.282 e. The molecule has 9 heteroatoms. The average Bonchev–Trinajstić information content (AvgIpc) is 2.68. The first-order valence-corrected chi connectivity index (χ1v) is 11.2. The summed E-state index contributed by atoms with van der Waals surface area (Å²) in [5, 5.41) is 0. The third-order valence-electron chi connectivity index (χ3n) is 6.14. The number of nitrogens with zero attached hydrogens (tertiary/aromatic N) is 3. The molecular formula is C19H26FN3O4S. The number of benzene rings is 1. The Morgan fingerprint density at radius 3 is 2.21 bits per heavy atom. The molecule has 0 N–H and O–H groups in total. The van der Waals surface area contributed by atoms with Gasteiger partial charge in [0, 0.05) is 39.3 Å². The normalized spacial score (nSPS) is 24.0. The van der Waals surface area contributed by atoms with E-state index in [0.717, 1.165) is 12.0 Å². The second kappa shape index (κ2) is 7.70. The fraction of sp³-hybridized carbons (Fsp3) is 0.632. The molecule has 2 saturated heterocycles. The number of ether oxygens (including phenoxy) is 1. The van der Waals surface area contributed by atoms with E-state index in [4.69, 9.17) is 4.74 Å². The van der Waals surface area contributed by atoms with Crippen molar-refractivity contribution in [2.75, 3.05) is 52.5 Å². The maximum Gasteiger partial charge on any atom is 0.282 e. The number of carbonyl (C=O) groups is 1. The monoisotopic (exact) mass is 411 g/mol. The second-order valence-electron chi connectivity index (χ2n) is 7.66. The van der Waals surface area contributed by atoms with Crippen molar-refractivity contribution >= 4 is 16.1 Å². The van der Waals surface area contributed by atoms with Gasteiger partial charge in [0.05, 0.1) is 18.6 Å². The molecule has 1 amide bonds. The quantitative estimate of drug-likeness (QED) is 0.740. The summed E-state index contributed by atoms with van der Waals surface area (Å²) in [6, 6.07) is 6.30. The SMILES string of the molecule is O=C(N1CCN(S(=O)(=O)N2CCOCC2)CC1)C1(c2cccc(F)c2)CCC1.